The topological polar surface area (TPSA) is 75.4 Å². The summed E-state index contributed by atoms with van der Waals surface area (Å²) in [5, 5.41) is 2.96. The monoisotopic (exact) mass is 337 g/mol. The average Bonchev–Trinajstić information content (AvgIpc) is 3.11. The van der Waals surface area contributed by atoms with E-state index >= 15 is 0 Å². The van der Waals surface area contributed by atoms with Crippen molar-refractivity contribution >= 4 is 23.2 Å². The molecule has 0 atom stereocenters. The van der Waals surface area contributed by atoms with Crippen molar-refractivity contribution in [1.29, 1.82) is 0 Å². The molecule has 0 unspecified atom stereocenters. The fourth-order valence-corrected chi connectivity index (χ4v) is 3.11. The van der Waals surface area contributed by atoms with Gasteiger partial charge < -0.3 is 16.0 Å². The third-order valence-corrected chi connectivity index (χ3v) is 4.49. The minimum atomic E-state index is -0.498. The summed E-state index contributed by atoms with van der Waals surface area (Å²) in [5.41, 5.74) is 9.50. The number of carbonyl (C=O) groups excluding carboxylic acids is 2. The highest BCUT2D eigenvalue weighted by Crippen LogP contribution is 2.30. The molecular formula is C20H23N3O2. The van der Waals surface area contributed by atoms with Crippen LogP contribution < -0.4 is 16.0 Å². The molecule has 0 bridgehead atoms. The fraction of sp³-hybridized carbons (Fsp3) is 0.300. The second kappa shape index (κ2) is 7.38. The van der Waals surface area contributed by atoms with Crippen molar-refractivity contribution in [3.8, 4) is 0 Å². The van der Waals surface area contributed by atoms with E-state index in [4.69, 9.17) is 5.73 Å². The van der Waals surface area contributed by atoms with Crippen molar-refractivity contribution in [3.05, 3.63) is 59.2 Å². The van der Waals surface area contributed by atoms with Crippen molar-refractivity contribution in [2.45, 2.75) is 26.2 Å². The number of anilines is 2. The number of nitrogens with one attached hydrogen (secondary N) is 1. The van der Waals surface area contributed by atoms with Crippen LogP contribution in [0.25, 0.3) is 0 Å². The maximum absolute atomic E-state index is 12.5. The molecule has 1 aliphatic rings. The normalized spacial score (nSPS) is 13.7. The van der Waals surface area contributed by atoms with Gasteiger partial charge in [0.15, 0.2) is 0 Å². The summed E-state index contributed by atoms with van der Waals surface area (Å²) in [6.07, 6.45) is 2.56. The molecule has 25 heavy (non-hydrogen) atoms. The molecule has 2 amide bonds. The van der Waals surface area contributed by atoms with Crippen LogP contribution in [0.4, 0.5) is 11.4 Å². The van der Waals surface area contributed by atoms with Gasteiger partial charge in [0.2, 0.25) is 11.8 Å². The molecule has 3 rings (SSSR count). The van der Waals surface area contributed by atoms with E-state index in [1.165, 1.54) is 0 Å². The highest BCUT2D eigenvalue weighted by atomic mass is 16.2. The molecule has 130 valence electrons. The first kappa shape index (κ1) is 17.0. The minimum absolute atomic E-state index is 0.106. The van der Waals surface area contributed by atoms with Crippen LogP contribution >= 0.6 is 0 Å². The van der Waals surface area contributed by atoms with E-state index in [2.05, 4.69) is 10.2 Å². The zero-order chi connectivity index (χ0) is 17.8. The number of nitrogens with zero attached hydrogens (tertiary/aromatic N) is 1. The molecule has 2 aromatic rings. The van der Waals surface area contributed by atoms with E-state index in [0.29, 0.717) is 17.7 Å². The number of rotatable bonds is 5. The number of hydrogen-bond acceptors (Lipinski definition) is 3. The Labute approximate surface area is 147 Å². The predicted octanol–water partition coefficient (Wildman–Crippen LogP) is 2.88. The van der Waals surface area contributed by atoms with Crippen molar-refractivity contribution < 1.29 is 9.59 Å². The number of carbonyl (C=O) groups is 2. The highest BCUT2D eigenvalue weighted by molar-refractivity contribution is 5.99. The van der Waals surface area contributed by atoms with E-state index in [-0.39, 0.29) is 5.91 Å². The molecule has 0 spiro atoms. The summed E-state index contributed by atoms with van der Waals surface area (Å²) in [6.45, 7) is 3.93. The molecule has 0 saturated carbocycles. The summed E-state index contributed by atoms with van der Waals surface area (Å²) < 4.78 is 0. The molecule has 2 aromatic carbocycles. The van der Waals surface area contributed by atoms with E-state index in [1.807, 2.05) is 37.3 Å². The zero-order valence-electron chi connectivity index (χ0n) is 14.4. The third-order valence-electron chi connectivity index (χ3n) is 4.49. The standard InChI is InChI=1S/C20H23N3O2/c1-14-4-6-15(7-5-14)12-19(24)22-17-13-16(20(21)25)8-9-18(17)23-10-2-3-11-23/h4-9,13H,2-3,10-12H2,1H3,(H2,21,25)(H,22,24). The number of aryl methyl sites for hydroxylation is 1. The van der Waals surface area contributed by atoms with Crippen molar-refractivity contribution in [2.24, 2.45) is 5.73 Å². The Morgan fingerprint density at radius 3 is 2.40 bits per heavy atom. The molecule has 0 aliphatic carbocycles. The van der Waals surface area contributed by atoms with Crippen molar-refractivity contribution in [2.75, 3.05) is 23.3 Å². The second-order valence-corrected chi connectivity index (χ2v) is 6.50. The van der Waals surface area contributed by atoms with Crippen molar-refractivity contribution in [3.63, 3.8) is 0 Å². The first-order valence-corrected chi connectivity index (χ1v) is 8.57. The summed E-state index contributed by atoms with van der Waals surface area (Å²) in [6, 6.07) is 13.1. The summed E-state index contributed by atoms with van der Waals surface area (Å²) in [5.74, 6) is -0.604. The van der Waals surface area contributed by atoms with Crippen LogP contribution in [0.5, 0.6) is 0 Å². The number of nitrogens with two attached hydrogens (primary N) is 1. The van der Waals surface area contributed by atoms with Gasteiger partial charge in [-0.2, -0.15) is 0 Å². The molecular weight excluding hydrogens is 314 g/mol. The Morgan fingerprint density at radius 1 is 1.08 bits per heavy atom. The number of benzene rings is 2. The van der Waals surface area contributed by atoms with Gasteiger partial charge in [-0.3, -0.25) is 9.59 Å². The van der Waals surface area contributed by atoms with E-state index in [0.717, 1.165) is 42.7 Å². The fourth-order valence-electron chi connectivity index (χ4n) is 3.11. The number of primary amides is 1. The molecule has 5 heteroatoms. The molecule has 0 aromatic heterocycles. The Morgan fingerprint density at radius 2 is 1.76 bits per heavy atom. The molecule has 1 fully saturated rings. The second-order valence-electron chi connectivity index (χ2n) is 6.50. The lowest BCUT2D eigenvalue weighted by atomic mass is 10.1. The van der Waals surface area contributed by atoms with Gasteiger partial charge in [-0.1, -0.05) is 29.8 Å². The minimum Gasteiger partial charge on any atom is -0.370 e. The Balaban J connectivity index is 1.80. The first-order valence-electron chi connectivity index (χ1n) is 8.57. The van der Waals surface area contributed by atoms with Gasteiger partial charge in [0.1, 0.15) is 0 Å². The quantitative estimate of drug-likeness (QED) is 0.881. The van der Waals surface area contributed by atoms with E-state index in [9.17, 15) is 9.59 Å². The Hall–Kier alpha value is -2.82. The van der Waals surface area contributed by atoms with Crippen LogP contribution in [0.2, 0.25) is 0 Å². The van der Waals surface area contributed by atoms with Crippen LogP contribution in [0.15, 0.2) is 42.5 Å². The van der Waals surface area contributed by atoms with Gasteiger partial charge in [0.05, 0.1) is 17.8 Å². The summed E-state index contributed by atoms with van der Waals surface area (Å²) in [4.78, 5) is 26.2. The zero-order valence-corrected chi connectivity index (χ0v) is 14.4. The molecule has 1 saturated heterocycles. The lowest BCUT2D eigenvalue weighted by molar-refractivity contribution is -0.115. The Kier molecular flexibility index (Phi) is 5.03. The summed E-state index contributed by atoms with van der Waals surface area (Å²) >= 11 is 0. The average molecular weight is 337 g/mol. The molecule has 1 aliphatic heterocycles. The van der Waals surface area contributed by atoms with Gasteiger partial charge in [-0.25, -0.2) is 0 Å². The van der Waals surface area contributed by atoms with Gasteiger partial charge in [-0.15, -0.1) is 0 Å². The molecule has 3 N–H and O–H groups in total. The van der Waals surface area contributed by atoms with Crippen LogP contribution in [0.1, 0.15) is 34.3 Å². The lowest BCUT2D eigenvalue weighted by Crippen LogP contribution is -2.22. The predicted molar refractivity (Wildman–Crippen MR) is 99.9 cm³/mol. The molecule has 0 radical (unpaired) electrons. The Bertz CT molecular complexity index is 778. The van der Waals surface area contributed by atoms with Crippen LogP contribution in [-0.4, -0.2) is 24.9 Å². The smallest absolute Gasteiger partial charge is 0.248 e. The number of amides is 2. The SMILES string of the molecule is Cc1ccc(CC(=O)Nc2cc(C(N)=O)ccc2N2CCCC2)cc1. The molecule has 5 nitrogen and oxygen atoms in total. The van der Waals surface area contributed by atoms with Gasteiger partial charge in [0, 0.05) is 18.7 Å². The van der Waals surface area contributed by atoms with E-state index in [1.54, 1.807) is 12.1 Å². The lowest BCUT2D eigenvalue weighted by Gasteiger charge is -2.22. The van der Waals surface area contributed by atoms with Crippen molar-refractivity contribution in [1.82, 2.24) is 0 Å². The maximum atomic E-state index is 12.5. The third kappa shape index (κ3) is 4.18. The van der Waals surface area contributed by atoms with Crippen LogP contribution in [-0.2, 0) is 11.2 Å². The maximum Gasteiger partial charge on any atom is 0.248 e. The highest BCUT2D eigenvalue weighted by Gasteiger charge is 2.18. The van der Waals surface area contributed by atoms with Crippen LogP contribution in [0.3, 0.4) is 0 Å². The largest absolute Gasteiger partial charge is 0.370 e. The van der Waals surface area contributed by atoms with Gasteiger partial charge in [0.25, 0.3) is 0 Å². The van der Waals surface area contributed by atoms with Gasteiger partial charge in [-0.05, 0) is 43.5 Å². The molecule has 1 heterocycles. The summed E-state index contributed by atoms with van der Waals surface area (Å²) in [7, 11) is 0. The van der Waals surface area contributed by atoms with Crippen LogP contribution in [0, 0.1) is 6.92 Å². The van der Waals surface area contributed by atoms with E-state index < -0.39 is 5.91 Å². The van der Waals surface area contributed by atoms with Gasteiger partial charge >= 0.3 is 0 Å². The first-order chi connectivity index (χ1) is 12.0. The number of hydrogen-bond donors (Lipinski definition) is 2.